The molecule has 2 aromatic heterocycles. The predicted octanol–water partition coefficient (Wildman–Crippen LogP) is 3.98. The number of urea groups is 1. The topological polar surface area (TPSA) is 73.1 Å². The van der Waals surface area contributed by atoms with Crippen LogP contribution >= 0.6 is 0 Å². The smallest absolute Gasteiger partial charge is 0.315 e. The summed E-state index contributed by atoms with van der Waals surface area (Å²) in [5.41, 5.74) is 3.75. The van der Waals surface area contributed by atoms with Gasteiger partial charge in [-0.3, -0.25) is 0 Å². The standard InChI is InChI=1S/C24H25N5O2/c1-18-22(17-26-24(30)25-16-19-9-8-12-21(15-19)31-2)23(28-13-6-7-14-28)29(27-18)20-10-4-3-5-11-20/h3-15H,16-17H2,1-2H3,(H2,25,26,30). The number of aryl methyl sites for hydroxylation is 1. The summed E-state index contributed by atoms with van der Waals surface area (Å²) in [5.74, 6) is 1.67. The van der Waals surface area contributed by atoms with Crippen LogP contribution in [0.2, 0.25) is 0 Å². The highest BCUT2D eigenvalue weighted by molar-refractivity contribution is 5.74. The van der Waals surface area contributed by atoms with Crippen molar-refractivity contribution < 1.29 is 9.53 Å². The van der Waals surface area contributed by atoms with E-state index in [4.69, 9.17) is 9.84 Å². The maximum Gasteiger partial charge on any atom is 0.315 e. The van der Waals surface area contributed by atoms with Crippen molar-refractivity contribution in [1.82, 2.24) is 25.0 Å². The highest BCUT2D eigenvalue weighted by atomic mass is 16.5. The third-order valence-electron chi connectivity index (χ3n) is 5.02. The molecule has 2 amide bonds. The molecule has 0 saturated heterocycles. The summed E-state index contributed by atoms with van der Waals surface area (Å²) in [5, 5.41) is 10.6. The molecule has 0 bridgehead atoms. The number of amides is 2. The molecule has 4 rings (SSSR count). The highest BCUT2D eigenvalue weighted by Crippen LogP contribution is 2.23. The Morgan fingerprint density at radius 1 is 0.968 bits per heavy atom. The molecule has 7 heteroatoms. The minimum atomic E-state index is -0.242. The van der Waals surface area contributed by atoms with E-state index in [0.29, 0.717) is 13.1 Å². The maximum atomic E-state index is 12.4. The van der Waals surface area contributed by atoms with Gasteiger partial charge in [-0.15, -0.1) is 0 Å². The molecular formula is C24H25N5O2. The van der Waals surface area contributed by atoms with Crippen molar-refractivity contribution in [2.75, 3.05) is 7.11 Å². The molecule has 2 aromatic carbocycles. The first-order chi connectivity index (χ1) is 15.2. The van der Waals surface area contributed by atoms with E-state index >= 15 is 0 Å². The van der Waals surface area contributed by atoms with E-state index in [0.717, 1.165) is 34.1 Å². The number of hydrogen-bond acceptors (Lipinski definition) is 3. The molecule has 7 nitrogen and oxygen atoms in total. The van der Waals surface area contributed by atoms with Crippen LogP contribution in [-0.4, -0.2) is 27.5 Å². The summed E-state index contributed by atoms with van der Waals surface area (Å²) in [7, 11) is 1.62. The Bertz CT molecular complexity index is 1150. The number of ether oxygens (including phenoxy) is 1. The quantitative estimate of drug-likeness (QED) is 0.480. The van der Waals surface area contributed by atoms with E-state index in [9.17, 15) is 4.79 Å². The molecule has 0 aliphatic carbocycles. The number of nitrogens with one attached hydrogen (secondary N) is 2. The summed E-state index contributed by atoms with van der Waals surface area (Å²) >= 11 is 0. The fourth-order valence-corrected chi connectivity index (χ4v) is 3.44. The molecule has 0 aliphatic rings. The SMILES string of the molecule is COc1cccc(CNC(=O)NCc2c(C)nn(-c3ccccc3)c2-n2cccc2)c1. The van der Waals surface area contributed by atoms with Crippen molar-refractivity contribution in [3.8, 4) is 17.3 Å². The van der Waals surface area contributed by atoms with Crippen LogP contribution < -0.4 is 15.4 Å². The number of hydrogen-bond donors (Lipinski definition) is 2. The molecule has 0 atom stereocenters. The Balaban J connectivity index is 1.50. The summed E-state index contributed by atoms with van der Waals surface area (Å²) in [6, 6.07) is 21.3. The van der Waals surface area contributed by atoms with Gasteiger partial charge in [0, 0.05) is 24.5 Å². The van der Waals surface area contributed by atoms with Crippen LogP contribution in [0.25, 0.3) is 11.5 Å². The minimum absolute atomic E-state index is 0.242. The van der Waals surface area contributed by atoms with Crippen molar-refractivity contribution in [1.29, 1.82) is 0 Å². The number of methoxy groups -OCH3 is 1. The second-order valence-corrected chi connectivity index (χ2v) is 7.11. The van der Waals surface area contributed by atoms with E-state index in [2.05, 4.69) is 10.6 Å². The van der Waals surface area contributed by atoms with Gasteiger partial charge in [-0.05, 0) is 48.9 Å². The van der Waals surface area contributed by atoms with Crippen LogP contribution in [0.3, 0.4) is 0 Å². The van der Waals surface area contributed by atoms with Gasteiger partial charge in [0.25, 0.3) is 0 Å². The van der Waals surface area contributed by atoms with E-state index in [1.807, 2.05) is 95.3 Å². The van der Waals surface area contributed by atoms with Gasteiger partial charge in [0.05, 0.1) is 25.0 Å². The Labute approximate surface area is 181 Å². The minimum Gasteiger partial charge on any atom is -0.497 e. The zero-order chi connectivity index (χ0) is 21.6. The maximum absolute atomic E-state index is 12.4. The summed E-state index contributed by atoms with van der Waals surface area (Å²) in [6.45, 7) is 2.73. The molecule has 2 N–H and O–H groups in total. The van der Waals surface area contributed by atoms with Gasteiger partial charge in [0.1, 0.15) is 11.6 Å². The molecule has 158 valence electrons. The van der Waals surface area contributed by atoms with Gasteiger partial charge in [0.15, 0.2) is 0 Å². The molecule has 0 spiro atoms. The van der Waals surface area contributed by atoms with E-state index < -0.39 is 0 Å². The van der Waals surface area contributed by atoms with Gasteiger partial charge in [-0.1, -0.05) is 30.3 Å². The zero-order valence-corrected chi connectivity index (χ0v) is 17.6. The Morgan fingerprint density at radius 2 is 1.71 bits per heavy atom. The molecule has 0 saturated carbocycles. The fourth-order valence-electron chi connectivity index (χ4n) is 3.44. The predicted molar refractivity (Wildman–Crippen MR) is 120 cm³/mol. The van der Waals surface area contributed by atoms with Gasteiger partial charge in [0.2, 0.25) is 0 Å². The molecule has 31 heavy (non-hydrogen) atoms. The third-order valence-corrected chi connectivity index (χ3v) is 5.02. The summed E-state index contributed by atoms with van der Waals surface area (Å²) < 4.78 is 9.14. The second-order valence-electron chi connectivity index (χ2n) is 7.11. The van der Waals surface area contributed by atoms with Gasteiger partial charge in [-0.2, -0.15) is 5.10 Å². The summed E-state index contributed by atoms with van der Waals surface area (Å²) in [4.78, 5) is 12.4. The number of nitrogens with zero attached hydrogens (tertiary/aromatic N) is 3. The van der Waals surface area contributed by atoms with Crippen LogP contribution in [0.15, 0.2) is 79.1 Å². The first-order valence-electron chi connectivity index (χ1n) is 10.1. The number of benzene rings is 2. The Morgan fingerprint density at radius 3 is 2.45 bits per heavy atom. The normalized spacial score (nSPS) is 10.6. The number of carbonyl (C=O) groups excluding carboxylic acids is 1. The zero-order valence-electron chi connectivity index (χ0n) is 17.6. The highest BCUT2D eigenvalue weighted by Gasteiger charge is 2.18. The monoisotopic (exact) mass is 415 g/mol. The largest absolute Gasteiger partial charge is 0.497 e. The van der Waals surface area contributed by atoms with Gasteiger partial charge >= 0.3 is 6.03 Å². The number of aromatic nitrogens is 3. The average Bonchev–Trinajstić information content (AvgIpc) is 3.44. The molecule has 0 radical (unpaired) electrons. The van der Waals surface area contributed by atoms with E-state index in [1.165, 1.54) is 0 Å². The van der Waals surface area contributed by atoms with Crippen LogP contribution in [0, 0.1) is 6.92 Å². The number of rotatable bonds is 7. The van der Waals surface area contributed by atoms with Crippen LogP contribution in [0.1, 0.15) is 16.8 Å². The molecule has 4 aromatic rings. The summed E-state index contributed by atoms with van der Waals surface area (Å²) in [6.07, 6.45) is 3.95. The van der Waals surface area contributed by atoms with E-state index in [1.54, 1.807) is 7.11 Å². The molecule has 0 unspecified atom stereocenters. The van der Waals surface area contributed by atoms with Gasteiger partial charge < -0.3 is 19.9 Å². The lowest BCUT2D eigenvalue weighted by molar-refractivity contribution is 0.240. The van der Waals surface area contributed by atoms with Crippen molar-refractivity contribution in [3.05, 3.63) is 95.9 Å². The third kappa shape index (κ3) is 4.61. The fraction of sp³-hybridized carbons (Fsp3) is 0.167. The molecule has 0 aliphatic heterocycles. The molecule has 0 fully saturated rings. The van der Waals surface area contributed by atoms with Crippen LogP contribution in [-0.2, 0) is 13.1 Å². The molecular weight excluding hydrogens is 390 g/mol. The average molecular weight is 415 g/mol. The second kappa shape index (κ2) is 9.21. The Hall–Kier alpha value is -4.00. The number of carbonyl (C=O) groups is 1. The lowest BCUT2D eigenvalue weighted by atomic mass is 10.2. The van der Waals surface area contributed by atoms with Crippen molar-refractivity contribution >= 4 is 6.03 Å². The van der Waals surface area contributed by atoms with Crippen LogP contribution in [0.4, 0.5) is 4.79 Å². The first-order valence-corrected chi connectivity index (χ1v) is 10.1. The first kappa shape index (κ1) is 20.3. The van der Waals surface area contributed by atoms with Gasteiger partial charge in [-0.25, -0.2) is 9.48 Å². The van der Waals surface area contributed by atoms with Crippen LogP contribution in [0.5, 0.6) is 5.75 Å². The Kier molecular flexibility index (Phi) is 6.03. The van der Waals surface area contributed by atoms with Crippen molar-refractivity contribution in [3.63, 3.8) is 0 Å². The lowest BCUT2D eigenvalue weighted by Gasteiger charge is -2.12. The van der Waals surface area contributed by atoms with E-state index in [-0.39, 0.29) is 6.03 Å². The number of para-hydroxylation sites is 1. The lowest BCUT2D eigenvalue weighted by Crippen LogP contribution is -2.34. The van der Waals surface area contributed by atoms with Crippen molar-refractivity contribution in [2.45, 2.75) is 20.0 Å². The van der Waals surface area contributed by atoms with Crippen molar-refractivity contribution in [2.24, 2.45) is 0 Å². The molecule has 2 heterocycles.